The zero-order chi connectivity index (χ0) is 16.1. The number of rotatable bonds is 0. The van der Waals surface area contributed by atoms with Crippen LogP contribution in [0.2, 0.25) is 0 Å². The van der Waals surface area contributed by atoms with Crippen molar-refractivity contribution < 1.29 is 4.42 Å². The zero-order valence-electron chi connectivity index (χ0n) is 13.0. The first-order valence-corrected chi connectivity index (χ1v) is 7.52. The quantitative estimate of drug-likeness (QED) is 0.751. The predicted octanol–water partition coefficient (Wildman–Crippen LogP) is 2.52. The molecule has 0 N–H and O–H groups in total. The molecule has 5 nitrogen and oxygen atoms in total. The summed E-state index contributed by atoms with van der Waals surface area (Å²) in [6.45, 7) is 0. The van der Waals surface area contributed by atoms with Crippen LogP contribution in [0.3, 0.4) is 0 Å². The molecule has 0 atom stereocenters. The lowest BCUT2D eigenvalue weighted by Crippen LogP contribution is -2.36. The minimum Gasteiger partial charge on any atom is -0.439 e. The lowest BCUT2D eigenvalue weighted by atomic mass is 9.93. The normalized spacial score (nSPS) is 17.8. The van der Waals surface area contributed by atoms with E-state index in [4.69, 9.17) is 4.42 Å². The van der Waals surface area contributed by atoms with E-state index < -0.39 is 0 Å². The Labute approximate surface area is 132 Å². The topological polar surface area (TPSA) is 57.1 Å². The average molecular weight is 308 g/mol. The van der Waals surface area contributed by atoms with Gasteiger partial charge >= 0.3 is 5.69 Å². The van der Waals surface area contributed by atoms with Crippen LogP contribution in [0.25, 0.3) is 22.7 Å². The molecule has 0 saturated carbocycles. The molecule has 23 heavy (non-hydrogen) atoms. The number of aromatic nitrogens is 2. The van der Waals surface area contributed by atoms with Gasteiger partial charge in [-0.05, 0) is 24.5 Å². The fourth-order valence-corrected chi connectivity index (χ4v) is 3.23. The van der Waals surface area contributed by atoms with Crippen molar-refractivity contribution in [1.29, 1.82) is 0 Å². The Morgan fingerprint density at radius 1 is 1.09 bits per heavy atom. The summed E-state index contributed by atoms with van der Waals surface area (Å²) in [6.07, 6.45) is 13.6. The summed E-state index contributed by atoms with van der Waals surface area (Å²) >= 11 is 0. The predicted molar refractivity (Wildman–Crippen MR) is 90.2 cm³/mol. The van der Waals surface area contributed by atoms with E-state index in [0.717, 1.165) is 28.5 Å². The summed E-state index contributed by atoms with van der Waals surface area (Å²) < 4.78 is 8.40. The fraction of sp³-hybridized carbons (Fsp3) is 0.222. The van der Waals surface area contributed by atoms with E-state index in [1.54, 1.807) is 7.05 Å². The highest BCUT2D eigenvalue weighted by Gasteiger charge is 2.24. The summed E-state index contributed by atoms with van der Waals surface area (Å²) in [7, 11) is 3.12. The van der Waals surface area contributed by atoms with E-state index >= 15 is 0 Å². The highest BCUT2D eigenvalue weighted by atomic mass is 16.3. The first-order valence-electron chi connectivity index (χ1n) is 7.52. The smallest absolute Gasteiger partial charge is 0.333 e. The molecule has 0 radical (unpaired) electrons. The molecule has 2 aliphatic carbocycles. The van der Waals surface area contributed by atoms with E-state index in [2.05, 4.69) is 6.08 Å². The van der Waals surface area contributed by atoms with Crippen molar-refractivity contribution in [2.24, 2.45) is 14.1 Å². The molecule has 2 aromatic heterocycles. The molecule has 4 rings (SSSR count). The Morgan fingerprint density at radius 2 is 1.87 bits per heavy atom. The molecular formula is C18H16N2O3. The van der Waals surface area contributed by atoms with E-state index in [1.165, 1.54) is 17.2 Å². The standard InChI is InChI=1S/C18H16N2O3/c1-19-16(21)15-14-12-8-4-3-6-11(10-12)7-5-9-13(14)23-17(15)20(2)18(19)22/h3-6,8-9H,7,10H2,1-2H3/b9-5-. The van der Waals surface area contributed by atoms with Crippen molar-refractivity contribution in [3.63, 3.8) is 0 Å². The second-order valence-corrected chi connectivity index (χ2v) is 5.91. The molecule has 0 spiro atoms. The molecule has 116 valence electrons. The van der Waals surface area contributed by atoms with Crippen LogP contribution in [0.15, 0.2) is 50.0 Å². The number of aryl methyl sites for hydroxylation is 1. The Hall–Kier alpha value is -2.82. The molecule has 0 fully saturated rings. The van der Waals surface area contributed by atoms with E-state index in [-0.39, 0.29) is 11.2 Å². The number of hydrogen-bond acceptors (Lipinski definition) is 3. The van der Waals surface area contributed by atoms with Crippen molar-refractivity contribution in [3.8, 4) is 0 Å². The van der Waals surface area contributed by atoms with Gasteiger partial charge in [0.25, 0.3) is 5.56 Å². The third-order valence-electron chi connectivity index (χ3n) is 4.44. The van der Waals surface area contributed by atoms with Crippen LogP contribution in [0, 0.1) is 0 Å². The molecule has 5 heteroatoms. The molecule has 2 heterocycles. The Balaban J connectivity index is 2.19. The third kappa shape index (κ3) is 1.93. The minimum absolute atomic E-state index is 0.318. The maximum absolute atomic E-state index is 12.7. The van der Waals surface area contributed by atoms with Gasteiger partial charge in [-0.25, -0.2) is 4.79 Å². The van der Waals surface area contributed by atoms with E-state index in [9.17, 15) is 9.59 Å². The van der Waals surface area contributed by atoms with Gasteiger partial charge in [0.15, 0.2) is 0 Å². The number of hydrogen-bond donors (Lipinski definition) is 0. The lowest BCUT2D eigenvalue weighted by molar-refractivity contribution is 0.554. The minimum atomic E-state index is -0.386. The molecule has 0 unspecified atom stereocenters. The summed E-state index contributed by atoms with van der Waals surface area (Å²) in [4.78, 5) is 24.8. The van der Waals surface area contributed by atoms with Crippen molar-refractivity contribution in [1.82, 2.24) is 9.13 Å². The second kappa shape index (κ2) is 4.84. The highest BCUT2D eigenvalue weighted by molar-refractivity contribution is 5.94. The van der Waals surface area contributed by atoms with Gasteiger partial charge in [-0.15, -0.1) is 0 Å². The largest absolute Gasteiger partial charge is 0.439 e. The van der Waals surface area contributed by atoms with E-state index in [1.807, 2.05) is 30.4 Å². The van der Waals surface area contributed by atoms with Crippen LogP contribution in [-0.2, 0) is 14.1 Å². The van der Waals surface area contributed by atoms with Gasteiger partial charge in [0.1, 0.15) is 11.1 Å². The summed E-state index contributed by atoms with van der Waals surface area (Å²) in [5.74, 6) is 0.638. The summed E-state index contributed by atoms with van der Waals surface area (Å²) in [5.41, 5.74) is 2.74. The monoisotopic (exact) mass is 308 g/mol. The van der Waals surface area contributed by atoms with Crippen molar-refractivity contribution in [2.75, 3.05) is 0 Å². The maximum Gasteiger partial charge on any atom is 0.333 e. The van der Waals surface area contributed by atoms with Crippen LogP contribution in [0.1, 0.15) is 24.2 Å². The molecule has 0 aromatic carbocycles. The van der Waals surface area contributed by atoms with Gasteiger partial charge in [0.2, 0.25) is 5.71 Å². The first-order chi connectivity index (χ1) is 11.1. The second-order valence-electron chi connectivity index (χ2n) is 5.91. The molecule has 2 aromatic rings. The number of fused-ring (bicyclic) bond motifs is 6. The molecule has 0 aliphatic heterocycles. The Kier molecular flexibility index (Phi) is 2.91. The van der Waals surface area contributed by atoms with E-state index in [0.29, 0.717) is 16.9 Å². The van der Waals surface area contributed by atoms with Gasteiger partial charge in [0.05, 0.1) is 0 Å². The van der Waals surface area contributed by atoms with Gasteiger partial charge in [-0.1, -0.05) is 36.0 Å². The van der Waals surface area contributed by atoms with Gasteiger partial charge in [-0.2, -0.15) is 0 Å². The van der Waals surface area contributed by atoms with Crippen LogP contribution in [0.4, 0.5) is 0 Å². The molecule has 2 aliphatic rings. The Morgan fingerprint density at radius 3 is 2.70 bits per heavy atom. The van der Waals surface area contributed by atoms with Crippen molar-refractivity contribution in [3.05, 3.63) is 68.1 Å². The molecule has 0 saturated heterocycles. The maximum atomic E-state index is 12.7. The fourth-order valence-electron chi connectivity index (χ4n) is 3.23. The highest BCUT2D eigenvalue weighted by Crippen LogP contribution is 2.36. The van der Waals surface area contributed by atoms with Gasteiger partial charge in [-0.3, -0.25) is 13.9 Å². The van der Waals surface area contributed by atoms with Crippen LogP contribution in [-0.4, -0.2) is 9.13 Å². The molecule has 0 amide bonds. The molecule has 2 bridgehead atoms. The van der Waals surface area contributed by atoms with Gasteiger partial charge in [0, 0.05) is 19.7 Å². The van der Waals surface area contributed by atoms with Crippen LogP contribution in [0.5, 0.6) is 0 Å². The summed E-state index contributed by atoms with van der Waals surface area (Å²) in [6, 6.07) is 0. The average Bonchev–Trinajstić information content (AvgIpc) is 2.73. The van der Waals surface area contributed by atoms with Crippen LogP contribution < -0.4 is 11.2 Å². The van der Waals surface area contributed by atoms with Gasteiger partial charge < -0.3 is 4.42 Å². The summed E-state index contributed by atoms with van der Waals surface area (Å²) in [5, 5.41) is 0.469. The Bertz CT molecular complexity index is 1070. The number of nitrogens with zero attached hydrogens (tertiary/aromatic N) is 2. The zero-order valence-corrected chi connectivity index (χ0v) is 13.0. The number of allylic oxidation sites excluding steroid dienone is 7. The SMILES string of the molecule is Cn1c(=O)c2c3c(oc2n(C)c1=O)/C=C\CC1=CC=CC=C3C1. The van der Waals surface area contributed by atoms with Crippen molar-refractivity contribution >= 4 is 22.7 Å². The molecular weight excluding hydrogens is 292 g/mol. The van der Waals surface area contributed by atoms with Crippen LogP contribution >= 0.6 is 0 Å². The third-order valence-corrected chi connectivity index (χ3v) is 4.44. The number of furan rings is 1. The first kappa shape index (κ1) is 13.8. The van der Waals surface area contributed by atoms with Crippen molar-refractivity contribution in [2.45, 2.75) is 12.8 Å². The lowest BCUT2D eigenvalue weighted by Gasteiger charge is -2.11.